The van der Waals surface area contributed by atoms with Crippen molar-refractivity contribution in [1.82, 2.24) is 15.6 Å². The van der Waals surface area contributed by atoms with Crippen molar-refractivity contribution in [2.75, 3.05) is 0 Å². The molecule has 0 saturated heterocycles. The van der Waals surface area contributed by atoms with Crippen molar-refractivity contribution in [3.63, 3.8) is 0 Å². The maximum Gasteiger partial charge on any atom is 0.355 e. The zero-order chi connectivity index (χ0) is 14.3. The monoisotopic (exact) mass is 285 g/mol. The summed E-state index contributed by atoms with van der Waals surface area (Å²) in [5.74, 6) is -1.05. The third kappa shape index (κ3) is 5.25. The van der Waals surface area contributed by atoms with E-state index < -0.39 is 5.97 Å². The number of aromatic nitrogens is 1. The molecule has 0 bridgehead atoms. The molecule has 6 nitrogen and oxygen atoms in total. The van der Waals surface area contributed by atoms with Crippen molar-refractivity contribution in [1.29, 1.82) is 0 Å². The van der Waals surface area contributed by atoms with Crippen LogP contribution in [0.1, 0.15) is 48.6 Å². The van der Waals surface area contributed by atoms with E-state index in [9.17, 15) is 9.59 Å². The highest BCUT2D eigenvalue weighted by Gasteiger charge is 2.11. The van der Waals surface area contributed by atoms with Crippen LogP contribution in [0, 0.1) is 0 Å². The summed E-state index contributed by atoms with van der Waals surface area (Å²) in [5.41, 5.74) is 0.0135. The van der Waals surface area contributed by atoms with Crippen LogP contribution in [0.25, 0.3) is 0 Å². The van der Waals surface area contributed by atoms with E-state index in [-0.39, 0.29) is 24.3 Å². The predicted molar refractivity (Wildman–Crippen MR) is 73.4 cm³/mol. The average Bonchev–Trinajstić information content (AvgIpc) is 2.84. The molecule has 0 aliphatic carbocycles. The molecule has 0 spiro atoms. The molecule has 1 aromatic heterocycles. The number of nitrogens with zero attached hydrogens (tertiary/aromatic N) is 1. The summed E-state index contributed by atoms with van der Waals surface area (Å²) in [6, 6.07) is -0.0664. The molecule has 0 radical (unpaired) electrons. The lowest BCUT2D eigenvalue weighted by Gasteiger charge is -2.16. The molecule has 1 atom stereocenters. The maximum atomic E-state index is 11.6. The molecule has 0 aliphatic heterocycles. The Morgan fingerprint density at radius 3 is 2.74 bits per heavy atom. The van der Waals surface area contributed by atoms with E-state index >= 15 is 0 Å². The second-order valence-electron chi connectivity index (χ2n) is 4.15. The van der Waals surface area contributed by atoms with Gasteiger partial charge in [0, 0.05) is 11.4 Å². The molecule has 0 aromatic carbocycles. The van der Waals surface area contributed by atoms with Crippen LogP contribution in [0.4, 0.5) is 4.79 Å². The quantitative estimate of drug-likeness (QED) is 0.716. The Morgan fingerprint density at radius 2 is 2.21 bits per heavy atom. The Bertz CT molecular complexity index is 434. The van der Waals surface area contributed by atoms with Gasteiger partial charge in [0.1, 0.15) is 5.01 Å². The van der Waals surface area contributed by atoms with Crippen LogP contribution in [-0.4, -0.2) is 28.1 Å². The Morgan fingerprint density at radius 1 is 1.47 bits per heavy atom. The molecule has 2 amide bonds. The predicted octanol–water partition coefficient (Wildman–Crippen LogP) is 2.22. The summed E-state index contributed by atoms with van der Waals surface area (Å²) in [6.45, 7) is 4.35. The van der Waals surface area contributed by atoms with Gasteiger partial charge in [0.15, 0.2) is 5.69 Å². The zero-order valence-corrected chi connectivity index (χ0v) is 11.9. The molecule has 7 heteroatoms. The first kappa shape index (κ1) is 15.4. The number of hydrogen-bond donors (Lipinski definition) is 3. The number of amides is 2. The maximum absolute atomic E-state index is 11.6. The number of thiazole rings is 1. The van der Waals surface area contributed by atoms with Crippen molar-refractivity contribution in [2.45, 2.75) is 45.7 Å². The van der Waals surface area contributed by atoms with Crippen LogP contribution in [0.5, 0.6) is 0 Å². The standard InChI is InChI=1S/C12H19N3O3S/c1-3-5-8(4-2)14-12(18)13-6-10-15-9(7-19-10)11(16)17/h7-8H,3-6H2,1-2H3,(H,16,17)(H2,13,14,18). The number of carboxylic acids is 1. The van der Waals surface area contributed by atoms with Gasteiger partial charge in [-0.05, 0) is 12.8 Å². The number of aromatic carboxylic acids is 1. The van der Waals surface area contributed by atoms with E-state index in [0.29, 0.717) is 5.01 Å². The smallest absolute Gasteiger partial charge is 0.355 e. The number of carboxylic acid groups (broad SMARTS) is 1. The summed E-state index contributed by atoms with van der Waals surface area (Å²) >= 11 is 1.22. The highest BCUT2D eigenvalue weighted by Crippen LogP contribution is 2.09. The van der Waals surface area contributed by atoms with E-state index in [1.807, 2.05) is 6.92 Å². The summed E-state index contributed by atoms with van der Waals surface area (Å²) in [7, 11) is 0. The topological polar surface area (TPSA) is 91.3 Å². The number of carbonyl (C=O) groups is 2. The van der Waals surface area contributed by atoms with Crippen LogP contribution in [0.3, 0.4) is 0 Å². The second kappa shape index (κ2) is 7.73. The fourth-order valence-corrected chi connectivity index (χ4v) is 2.32. The highest BCUT2D eigenvalue weighted by molar-refractivity contribution is 7.09. The van der Waals surface area contributed by atoms with Gasteiger partial charge in [-0.2, -0.15) is 0 Å². The highest BCUT2D eigenvalue weighted by atomic mass is 32.1. The van der Waals surface area contributed by atoms with E-state index in [1.165, 1.54) is 16.7 Å². The molecule has 0 aliphatic rings. The molecule has 1 rings (SSSR count). The molecule has 0 saturated carbocycles. The normalized spacial score (nSPS) is 11.9. The summed E-state index contributed by atoms with van der Waals surface area (Å²) in [4.78, 5) is 26.2. The van der Waals surface area contributed by atoms with Gasteiger partial charge in [0.2, 0.25) is 0 Å². The Balaban J connectivity index is 2.38. The lowest BCUT2D eigenvalue weighted by Crippen LogP contribution is -2.41. The van der Waals surface area contributed by atoms with Crippen LogP contribution < -0.4 is 10.6 Å². The zero-order valence-electron chi connectivity index (χ0n) is 11.1. The first-order chi connectivity index (χ1) is 9.06. The Kier molecular flexibility index (Phi) is 6.27. The molecule has 19 heavy (non-hydrogen) atoms. The van der Waals surface area contributed by atoms with Crippen molar-refractivity contribution in [2.24, 2.45) is 0 Å². The molecule has 3 N–H and O–H groups in total. The first-order valence-corrected chi connectivity index (χ1v) is 7.16. The van der Waals surface area contributed by atoms with Crippen molar-refractivity contribution < 1.29 is 14.7 Å². The minimum absolute atomic E-state index is 0.0135. The fraction of sp³-hybridized carbons (Fsp3) is 0.583. The van der Waals surface area contributed by atoms with Crippen molar-refractivity contribution >= 4 is 23.3 Å². The van der Waals surface area contributed by atoms with Crippen LogP contribution in [0.15, 0.2) is 5.38 Å². The minimum atomic E-state index is -1.05. The summed E-state index contributed by atoms with van der Waals surface area (Å²) < 4.78 is 0. The van der Waals surface area contributed by atoms with Gasteiger partial charge in [-0.15, -0.1) is 11.3 Å². The summed E-state index contributed by atoms with van der Waals surface area (Å²) in [6.07, 6.45) is 2.86. The largest absolute Gasteiger partial charge is 0.476 e. The van der Waals surface area contributed by atoms with Gasteiger partial charge in [0.05, 0.1) is 6.54 Å². The minimum Gasteiger partial charge on any atom is -0.476 e. The third-order valence-electron chi connectivity index (χ3n) is 2.64. The van der Waals surface area contributed by atoms with Gasteiger partial charge in [-0.25, -0.2) is 14.6 Å². The van der Waals surface area contributed by atoms with Crippen LogP contribution >= 0.6 is 11.3 Å². The molecular weight excluding hydrogens is 266 g/mol. The third-order valence-corrected chi connectivity index (χ3v) is 3.49. The van der Waals surface area contributed by atoms with E-state index in [0.717, 1.165) is 19.3 Å². The van der Waals surface area contributed by atoms with E-state index in [4.69, 9.17) is 5.11 Å². The number of nitrogens with one attached hydrogen (secondary N) is 2. The van der Waals surface area contributed by atoms with Crippen LogP contribution in [0.2, 0.25) is 0 Å². The first-order valence-electron chi connectivity index (χ1n) is 6.28. The lowest BCUT2D eigenvalue weighted by atomic mass is 10.1. The summed E-state index contributed by atoms with van der Waals surface area (Å²) in [5, 5.41) is 16.3. The Labute approximate surface area is 116 Å². The number of rotatable bonds is 7. The molecule has 1 unspecified atom stereocenters. The number of hydrogen-bond acceptors (Lipinski definition) is 4. The van der Waals surface area contributed by atoms with E-state index in [1.54, 1.807) is 0 Å². The molecule has 1 aromatic rings. The molecule has 0 fully saturated rings. The van der Waals surface area contributed by atoms with Crippen LogP contribution in [-0.2, 0) is 6.54 Å². The SMILES string of the molecule is CCCC(CC)NC(=O)NCc1nc(C(=O)O)cs1. The lowest BCUT2D eigenvalue weighted by molar-refractivity contribution is 0.0691. The van der Waals surface area contributed by atoms with Gasteiger partial charge in [0.25, 0.3) is 0 Å². The number of urea groups is 1. The van der Waals surface area contributed by atoms with Gasteiger partial charge < -0.3 is 15.7 Å². The van der Waals surface area contributed by atoms with Crippen molar-refractivity contribution in [3.05, 3.63) is 16.1 Å². The Hall–Kier alpha value is -1.63. The molecular formula is C12H19N3O3S. The van der Waals surface area contributed by atoms with Gasteiger partial charge in [-0.3, -0.25) is 0 Å². The molecule has 106 valence electrons. The van der Waals surface area contributed by atoms with E-state index in [2.05, 4.69) is 22.5 Å². The average molecular weight is 285 g/mol. The van der Waals surface area contributed by atoms with Gasteiger partial charge >= 0.3 is 12.0 Å². The molecule has 1 heterocycles. The van der Waals surface area contributed by atoms with Crippen molar-refractivity contribution in [3.8, 4) is 0 Å². The number of carbonyl (C=O) groups excluding carboxylic acids is 1. The van der Waals surface area contributed by atoms with Gasteiger partial charge in [-0.1, -0.05) is 20.3 Å². The fourth-order valence-electron chi connectivity index (χ4n) is 1.61. The second-order valence-corrected chi connectivity index (χ2v) is 5.10.